The average Bonchev–Trinajstić information content (AvgIpc) is 3.00. The minimum atomic E-state index is -0.299. The Bertz CT molecular complexity index is 1200. The third kappa shape index (κ3) is 1.46. The van der Waals surface area contributed by atoms with Crippen molar-refractivity contribution in [3.63, 3.8) is 0 Å². The number of ketones is 2. The molecule has 2 heterocycles. The van der Waals surface area contributed by atoms with Crippen molar-refractivity contribution < 1.29 is 14.3 Å². The zero-order valence-electron chi connectivity index (χ0n) is 12.4. The lowest BCUT2D eigenvalue weighted by atomic mass is 9.86. The highest BCUT2D eigenvalue weighted by Gasteiger charge is 2.36. The van der Waals surface area contributed by atoms with E-state index in [1.807, 2.05) is 18.2 Å². The van der Waals surface area contributed by atoms with Crippen LogP contribution >= 0.6 is 0 Å². The number of pyridine rings is 1. The molecule has 0 bridgehead atoms. The molecule has 1 aliphatic carbocycles. The number of nitrogens with one attached hydrogen (secondary N) is 1. The number of H-pyrrole nitrogens is 1. The quantitative estimate of drug-likeness (QED) is 0.353. The molecule has 114 valence electrons. The molecule has 5 heteroatoms. The zero-order valence-corrected chi connectivity index (χ0v) is 12.4. The molecule has 0 aliphatic heterocycles. The van der Waals surface area contributed by atoms with Gasteiger partial charge in [0.15, 0.2) is 6.20 Å². The second-order valence-corrected chi connectivity index (χ2v) is 5.84. The molecule has 0 saturated carbocycles. The van der Waals surface area contributed by atoms with Crippen LogP contribution in [0.5, 0.6) is 0 Å². The van der Waals surface area contributed by atoms with E-state index in [0.717, 1.165) is 5.52 Å². The van der Waals surface area contributed by atoms with Gasteiger partial charge < -0.3 is 10.2 Å². The van der Waals surface area contributed by atoms with Gasteiger partial charge in [-0.3, -0.25) is 9.59 Å². The SMILES string of the molecule is O=C1c2c[n+]([O-])c3ccccc3c2C(=O)c2[nH]c3ccccc3c21. The number of rotatable bonds is 0. The van der Waals surface area contributed by atoms with Crippen LogP contribution in [0.4, 0.5) is 0 Å². The fourth-order valence-electron chi connectivity index (χ4n) is 3.50. The van der Waals surface area contributed by atoms with Crippen LogP contribution in [0.15, 0.2) is 54.7 Å². The predicted octanol–water partition coefficient (Wildman–Crippen LogP) is 2.73. The monoisotopic (exact) mass is 314 g/mol. The number of aromatic amines is 1. The first-order valence-electron chi connectivity index (χ1n) is 7.52. The van der Waals surface area contributed by atoms with E-state index in [9.17, 15) is 14.8 Å². The molecule has 0 unspecified atom stereocenters. The molecule has 1 N–H and O–H groups in total. The van der Waals surface area contributed by atoms with Crippen LogP contribution in [-0.2, 0) is 0 Å². The highest BCUT2D eigenvalue weighted by atomic mass is 16.5. The van der Waals surface area contributed by atoms with Gasteiger partial charge in [0, 0.05) is 17.0 Å². The van der Waals surface area contributed by atoms with Gasteiger partial charge in [-0.1, -0.05) is 30.3 Å². The van der Waals surface area contributed by atoms with Gasteiger partial charge in [-0.25, -0.2) is 0 Å². The van der Waals surface area contributed by atoms with E-state index in [2.05, 4.69) is 4.98 Å². The Hall–Kier alpha value is -3.47. The smallest absolute Gasteiger partial charge is 0.224 e. The average molecular weight is 314 g/mol. The number of nitrogens with zero attached hydrogens (tertiary/aromatic N) is 1. The summed E-state index contributed by atoms with van der Waals surface area (Å²) in [6, 6.07) is 14.1. The van der Waals surface area contributed by atoms with Crippen LogP contribution in [0.1, 0.15) is 32.0 Å². The number of aromatic nitrogens is 2. The Morgan fingerprint density at radius 2 is 1.54 bits per heavy atom. The predicted molar refractivity (Wildman–Crippen MR) is 88.1 cm³/mol. The Balaban J connectivity index is 1.94. The third-order valence-corrected chi connectivity index (χ3v) is 4.56. The van der Waals surface area contributed by atoms with E-state index in [0.29, 0.717) is 37.8 Å². The maximum absolute atomic E-state index is 13.1. The molecule has 0 amide bonds. The van der Waals surface area contributed by atoms with Crippen molar-refractivity contribution in [3.8, 4) is 0 Å². The van der Waals surface area contributed by atoms with Crippen molar-refractivity contribution >= 4 is 33.4 Å². The molecule has 0 saturated heterocycles. The lowest BCUT2D eigenvalue weighted by Gasteiger charge is -2.16. The standard InChI is InChI=1S/C19H10N2O3/c22-18-12-9-21(24)14-8-4-2-6-11(14)15(12)19(23)17-16(18)10-5-1-3-7-13(10)20-17/h1-9,20H. The molecule has 0 atom stereocenters. The summed E-state index contributed by atoms with van der Waals surface area (Å²) in [5.74, 6) is -0.556. The van der Waals surface area contributed by atoms with Gasteiger partial charge in [0.25, 0.3) is 0 Å². The second kappa shape index (κ2) is 4.29. The summed E-state index contributed by atoms with van der Waals surface area (Å²) in [7, 11) is 0. The van der Waals surface area contributed by atoms with Gasteiger partial charge in [-0.2, -0.15) is 4.73 Å². The van der Waals surface area contributed by atoms with Crippen LogP contribution in [0, 0.1) is 5.21 Å². The van der Waals surface area contributed by atoms with Crippen molar-refractivity contribution in [2.75, 3.05) is 0 Å². The first-order valence-corrected chi connectivity index (χ1v) is 7.52. The van der Waals surface area contributed by atoms with Gasteiger partial charge in [0.1, 0.15) is 0 Å². The van der Waals surface area contributed by atoms with E-state index in [-0.39, 0.29) is 17.1 Å². The first-order chi connectivity index (χ1) is 11.7. The van der Waals surface area contributed by atoms with Crippen molar-refractivity contribution in [2.24, 2.45) is 0 Å². The summed E-state index contributed by atoms with van der Waals surface area (Å²) in [4.78, 5) is 29.1. The zero-order chi connectivity index (χ0) is 16.4. The van der Waals surface area contributed by atoms with Crippen molar-refractivity contribution in [2.45, 2.75) is 0 Å². The van der Waals surface area contributed by atoms with Gasteiger partial charge in [-0.05, 0) is 12.1 Å². The summed E-state index contributed by atoms with van der Waals surface area (Å²) in [6.45, 7) is 0. The Morgan fingerprint density at radius 3 is 2.38 bits per heavy atom. The van der Waals surface area contributed by atoms with Gasteiger partial charge in [0.05, 0.1) is 27.8 Å². The van der Waals surface area contributed by atoms with Crippen LogP contribution < -0.4 is 4.73 Å². The van der Waals surface area contributed by atoms with E-state index in [1.165, 1.54) is 6.20 Å². The number of hydrogen-bond donors (Lipinski definition) is 1. The summed E-state index contributed by atoms with van der Waals surface area (Å²) < 4.78 is 0.652. The number of para-hydroxylation sites is 2. The van der Waals surface area contributed by atoms with E-state index in [1.54, 1.807) is 30.3 Å². The first kappa shape index (κ1) is 13.0. The molecular formula is C19H10N2O3. The fraction of sp³-hybridized carbons (Fsp3) is 0. The number of carbonyl (C=O) groups excluding carboxylic acids is 2. The van der Waals surface area contributed by atoms with Crippen molar-refractivity contribution in [1.82, 2.24) is 4.98 Å². The van der Waals surface area contributed by atoms with Crippen molar-refractivity contribution in [3.05, 3.63) is 82.3 Å². The maximum Gasteiger partial charge on any atom is 0.224 e. The number of hydrogen-bond acceptors (Lipinski definition) is 3. The molecule has 2 aromatic carbocycles. The summed E-state index contributed by atoms with van der Waals surface area (Å²) in [5.41, 5.74) is 2.20. The minimum absolute atomic E-state index is 0.158. The Morgan fingerprint density at radius 1 is 0.833 bits per heavy atom. The summed E-state index contributed by atoms with van der Waals surface area (Å²) in [6.07, 6.45) is 1.21. The van der Waals surface area contributed by atoms with Crippen LogP contribution in [0.3, 0.4) is 0 Å². The van der Waals surface area contributed by atoms with E-state index in [4.69, 9.17) is 0 Å². The number of carbonyl (C=O) groups is 2. The number of benzene rings is 2. The lowest BCUT2D eigenvalue weighted by molar-refractivity contribution is -0.577. The fourth-order valence-corrected chi connectivity index (χ4v) is 3.50. The molecule has 0 radical (unpaired) electrons. The normalized spacial score (nSPS) is 13.3. The molecule has 24 heavy (non-hydrogen) atoms. The molecule has 4 aromatic rings. The molecule has 1 aliphatic rings. The molecule has 0 spiro atoms. The second-order valence-electron chi connectivity index (χ2n) is 5.84. The maximum atomic E-state index is 13.1. The Kier molecular flexibility index (Phi) is 2.33. The molecule has 0 fully saturated rings. The Labute approximate surface area is 135 Å². The number of fused-ring (bicyclic) bond motifs is 6. The molecule has 5 nitrogen and oxygen atoms in total. The largest absolute Gasteiger partial charge is 0.618 e. The lowest BCUT2D eigenvalue weighted by Crippen LogP contribution is -2.32. The van der Waals surface area contributed by atoms with Gasteiger partial charge in [0.2, 0.25) is 17.1 Å². The van der Waals surface area contributed by atoms with Crippen LogP contribution in [0.25, 0.3) is 21.8 Å². The minimum Gasteiger partial charge on any atom is -0.618 e. The van der Waals surface area contributed by atoms with Crippen LogP contribution in [-0.4, -0.2) is 16.6 Å². The van der Waals surface area contributed by atoms with E-state index < -0.39 is 0 Å². The highest BCUT2D eigenvalue weighted by Crippen LogP contribution is 2.34. The molecule has 5 rings (SSSR count). The van der Waals surface area contributed by atoms with Crippen LogP contribution in [0.2, 0.25) is 0 Å². The van der Waals surface area contributed by atoms with Gasteiger partial charge in [-0.15, -0.1) is 0 Å². The summed E-state index contributed by atoms with van der Waals surface area (Å²) >= 11 is 0. The van der Waals surface area contributed by atoms with E-state index >= 15 is 0 Å². The van der Waals surface area contributed by atoms with Crippen molar-refractivity contribution in [1.29, 1.82) is 0 Å². The third-order valence-electron chi connectivity index (χ3n) is 4.56. The summed E-state index contributed by atoms with van der Waals surface area (Å²) in [5, 5.41) is 13.5. The highest BCUT2D eigenvalue weighted by molar-refractivity contribution is 6.34. The molecule has 2 aromatic heterocycles. The topological polar surface area (TPSA) is 76.9 Å². The molecular weight excluding hydrogens is 304 g/mol. The van der Waals surface area contributed by atoms with Gasteiger partial charge >= 0.3 is 0 Å².